The molecule has 0 unspecified atom stereocenters. The van der Waals surface area contributed by atoms with Gasteiger partial charge in [-0.2, -0.15) is 0 Å². The maximum Gasteiger partial charge on any atom is 0.262 e. The minimum Gasteiger partial charge on any atom is -0.497 e. The van der Waals surface area contributed by atoms with Gasteiger partial charge in [0.25, 0.3) is 5.91 Å². The predicted octanol–water partition coefficient (Wildman–Crippen LogP) is 3.58. The molecular formula is C20H24N2O3. The third-order valence-corrected chi connectivity index (χ3v) is 3.76. The molecular weight excluding hydrogens is 316 g/mol. The van der Waals surface area contributed by atoms with Gasteiger partial charge in [0.2, 0.25) is 0 Å². The summed E-state index contributed by atoms with van der Waals surface area (Å²) in [5.74, 6) is 1.14. The van der Waals surface area contributed by atoms with E-state index in [0.717, 1.165) is 11.3 Å². The highest BCUT2D eigenvalue weighted by molar-refractivity contribution is 5.93. The number of anilines is 1. The first-order valence-corrected chi connectivity index (χ1v) is 8.12. The number of nitrogens with one attached hydrogen (secondary N) is 1. The molecule has 5 nitrogen and oxygen atoms in total. The van der Waals surface area contributed by atoms with E-state index in [1.165, 1.54) is 11.6 Å². The van der Waals surface area contributed by atoms with Crippen molar-refractivity contribution in [2.24, 2.45) is 0 Å². The summed E-state index contributed by atoms with van der Waals surface area (Å²) < 4.78 is 10.5. The van der Waals surface area contributed by atoms with Gasteiger partial charge in [-0.15, -0.1) is 0 Å². The molecule has 2 rings (SSSR count). The van der Waals surface area contributed by atoms with Crippen LogP contribution in [0.15, 0.2) is 48.5 Å². The lowest BCUT2D eigenvalue weighted by atomic mass is 10.1. The lowest BCUT2D eigenvalue weighted by Crippen LogP contribution is -2.41. The van der Waals surface area contributed by atoms with Crippen LogP contribution in [0.1, 0.15) is 18.1 Å². The van der Waals surface area contributed by atoms with Crippen LogP contribution in [-0.2, 0) is 4.79 Å². The number of methoxy groups -OCH3 is 2. The van der Waals surface area contributed by atoms with Crippen molar-refractivity contribution in [3.8, 4) is 11.5 Å². The largest absolute Gasteiger partial charge is 0.497 e. The Labute approximate surface area is 148 Å². The van der Waals surface area contributed by atoms with Crippen molar-refractivity contribution >= 4 is 17.7 Å². The number of amides is 1. The zero-order valence-electron chi connectivity index (χ0n) is 15.1. The van der Waals surface area contributed by atoms with Crippen molar-refractivity contribution < 1.29 is 14.3 Å². The van der Waals surface area contributed by atoms with Crippen LogP contribution in [0.3, 0.4) is 0 Å². The van der Waals surface area contributed by atoms with E-state index in [1.54, 1.807) is 31.4 Å². The zero-order chi connectivity index (χ0) is 18.2. The average Bonchev–Trinajstić information content (AvgIpc) is 2.65. The maximum absolute atomic E-state index is 12.2. The number of aryl methyl sites for hydroxylation is 1. The lowest BCUT2D eigenvalue weighted by molar-refractivity contribution is -0.116. The molecule has 0 saturated carbocycles. The molecule has 5 heteroatoms. The lowest BCUT2D eigenvalue weighted by Gasteiger charge is -2.23. The highest BCUT2D eigenvalue weighted by atomic mass is 16.5. The molecule has 2 aromatic rings. The summed E-state index contributed by atoms with van der Waals surface area (Å²) in [5.41, 5.74) is 5.80. The smallest absolute Gasteiger partial charge is 0.262 e. The predicted molar refractivity (Wildman–Crippen MR) is 101 cm³/mol. The Morgan fingerprint density at radius 1 is 1.12 bits per heavy atom. The molecule has 1 amide bonds. The normalized spacial score (nSPS) is 10.6. The van der Waals surface area contributed by atoms with Gasteiger partial charge in [0.1, 0.15) is 11.5 Å². The van der Waals surface area contributed by atoms with E-state index in [9.17, 15) is 4.79 Å². The molecule has 1 N–H and O–H groups in total. The summed E-state index contributed by atoms with van der Waals surface area (Å²) in [7, 11) is 3.19. The third-order valence-electron chi connectivity index (χ3n) is 3.76. The SMILES string of the molecule is CCN(NC(=O)/C=C/c1ccc(OC)cc1OC)c1ccc(C)cc1. The average molecular weight is 340 g/mol. The van der Waals surface area contributed by atoms with Crippen LogP contribution < -0.4 is 19.9 Å². The molecule has 25 heavy (non-hydrogen) atoms. The molecule has 0 aliphatic carbocycles. The molecule has 0 aliphatic rings. The van der Waals surface area contributed by atoms with Gasteiger partial charge in [-0.25, -0.2) is 0 Å². The van der Waals surface area contributed by atoms with Crippen LogP contribution in [0, 0.1) is 6.92 Å². The summed E-state index contributed by atoms with van der Waals surface area (Å²) >= 11 is 0. The molecule has 0 atom stereocenters. The van der Waals surface area contributed by atoms with Crippen LogP contribution in [-0.4, -0.2) is 26.7 Å². The number of hydrogen-bond donors (Lipinski definition) is 1. The monoisotopic (exact) mass is 340 g/mol. The number of nitrogens with zero attached hydrogens (tertiary/aromatic N) is 1. The second kappa shape index (κ2) is 8.78. The van der Waals surface area contributed by atoms with Crippen LogP contribution in [0.4, 0.5) is 5.69 Å². The van der Waals surface area contributed by atoms with Crippen LogP contribution in [0.2, 0.25) is 0 Å². The number of carbonyl (C=O) groups excluding carboxylic acids is 1. The first-order chi connectivity index (χ1) is 12.1. The Morgan fingerprint density at radius 3 is 2.44 bits per heavy atom. The van der Waals surface area contributed by atoms with Crippen molar-refractivity contribution in [3.05, 3.63) is 59.7 Å². The molecule has 0 fully saturated rings. The van der Waals surface area contributed by atoms with Crippen molar-refractivity contribution in [1.82, 2.24) is 5.43 Å². The molecule has 132 valence electrons. The van der Waals surface area contributed by atoms with E-state index >= 15 is 0 Å². The Balaban J connectivity index is 2.08. The number of benzene rings is 2. The fourth-order valence-corrected chi connectivity index (χ4v) is 2.34. The Bertz CT molecular complexity index is 739. The van der Waals surface area contributed by atoms with Gasteiger partial charge in [-0.05, 0) is 44.2 Å². The topological polar surface area (TPSA) is 50.8 Å². The van der Waals surface area contributed by atoms with Gasteiger partial charge in [0.05, 0.1) is 19.9 Å². The molecule has 0 radical (unpaired) electrons. The number of hydrogen-bond acceptors (Lipinski definition) is 4. The molecule has 0 bridgehead atoms. The summed E-state index contributed by atoms with van der Waals surface area (Å²) in [4.78, 5) is 12.2. The van der Waals surface area contributed by atoms with E-state index in [2.05, 4.69) is 5.43 Å². The van der Waals surface area contributed by atoms with Crippen molar-refractivity contribution in [2.45, 2.75) is 13.8 Å². The number of hydrazine groups is 1. The van der Waals surface area contributed by atoms with Crippen molar-refractivity contribution in [1.29, 1.82) is 0 Å². The fourth-order valence-electron chi connectivity index (χ4n) is 2.34. The zero-order valence-corrected chi connectivity index (χ0v) is 15.1. The van der Waals surface area contributed by atoms with Crippen molar-refractivity contribution in [2.75, 3.05) is 25.8 Å². The number of carbonyl (C=O) groups is 1. The van der Waals surface area contributed by atoms with Gasteiger partial charge in [-0.3, -0.25) is 15.2 Å². The quantitative estimate of drug-likeness (QED) is 0.618. The molecule has 2 aromatic carbocycles. The first kappa shape index (κ1) is 18.4. The third kappa shape index (κ3) is 5.01. The molecule has 0 heterocycles. The van der Waals surface area contributed by atoms with E-state index in [0.29, 0.717) is 18.0 Å². The fraction of sp³-hybridized carbons (Fsp3) is 0.250. The molecule has 0 aliphatic heterocycles. The van der Waals surface area contributed by atoms with Gasteiger partial charge in [-0.1, -0.05) is 17.7 Å². The Kier molecular flexibility index (Phi) is 6.46. The number of rotatable bonds is 7. The summed E-state index contributed by atoms with van der Waals surface area (Å²) in [6, 6.07) is 13.4. The summed E-state index contributed by atoms with van der Waals surface area (Å²) in [6.45, 7) is 4.68. The first-order valence-electron chi connectivity index (χ1n) is 8.12. The maximum atomic E-state index is 12.2. The standard InChI is InChI=1S/C20H24N2O3/c1-5-22(17-10-6-15(2)7-11-17)21-20(23)13-9-16-8-12-18(24-3)14-19(16)25-4/h6-14H,5H2,1-4H3,(H,21,23)/b13-9+. The van der Waals surface area contributed by atoms with Crippen LogP contribution in [0.5, 0.6) is 11.5 Å². The molecule has 0 aromatic heterocycles. The van der Waals surface area contributed by atoms with Crippen LogP contribution >= 0.6 is 0 Å². The van der Waals surface area contributed by atoms with E-state index in [1.807, 2.05) is 50.2 Å². The molecule has 0 spiro atoms. The van der Waals surface area contributed by atoms with E-state index < -0.39 is 0 Å². The highest BCUT2D eigenvalue weighted by Gasteiger charge is 2.07. The minimum absolute atomic E-state index is 0.208. The Morgan fingerprint density at radius 2 is 1.84 bits per heavy atom. The van der Waals surface area contributed by atoms with Gasteiger partial charge in [0.15, 0.2) is 0 Å². The number of ether oxygens (including phenoxy) is 2. The van der Waals surface area contributed by atoms with E-state index in [4.69, 9.17) is 9.47 Å². The summed E-state index contributed by atoms with van der Waals surface area (Å²) in [5, 5.41) is 1.80. The van der Waals surface area contributed by atoms with Gasteiger partial charge >= 0.3 is 0 Å². The van der Waals surface area contributed by atoms with Gasteiger partial charge in [0, 0.05) is 24.3 Å². The van der Waals surface area contributed by atoms with E-state index in [-0.39, 0.29) is 5.91 Å². The van der Waals surface area contributed by atoms with Crippen molar-refractivity contribution in [3.63, 3.8) is 0 Å². The second-order valence-electron chi connectivity index (χ2n) is 5.50. The van der Waals surface area contributed by atoms with Gasteiger partial charge < -0.3 is 9.47 Å². The molecule has 0 saturated heterocycles. The Hall–Kier alpha value is -2.95. The summed E-state index contributed by atoms with van der Waals surface area (Å²) in [6.07, 6.45) is 3.21. The second-order valence-corrected chi connectivity index (χ2v) is 5.50. The minimum atomic E-state index is -0.208. The van der Waals surface area contributed by atoms with Crippen LogP contribution in [0.25, 0.3) is 6.08 Å². The highest BCUT2D eigenvalue weighted by Crippen LogP contribution is 2.25.